The molecule has 12 heteroatoms. The van der Waals surface area contributed by atoms with Crippen molar-refractivity contribution in [1.82, 2.24) is 4.57 Å². The van der Waals surface area contributed by atoms with Gasteiger partial charge in [0.25, 0.3) is 0 Å². The number of fused-ring (bicyclic) bond motifs is 2. The highest BCUT2D eigenvalue weighted by Gasteiger charge is 2.57. The number of aryl methyl sites for hydroxylation is 1. The fourth-order valence-corrected chi connectivity index (χ4v) is 8.05. The zero-order valence-corrected chi connectivity index (χ0v) is 24.2. The summed E-state index contributed by atoms with van der Waals surface area (Å²) in [5, 5.41) is 2.46. The molecule has 0 saturated carbocycles. The molecule has 0 radical (unpaired) electrons. The molecular weight excluding hydrogens is 578 g/mol. The highest BCUT2D eigenvalue weighted by molar-refractivity contribution is 8.00. The van der Waals surface area contributed by atoms with Gasteiger partial charge in [-0.05, 0) is 61.9 Å². The number of ether oxygens (including phenoxy) is 1. The van der Waals surface area contributed by atoms with E-state index in [0.29, 0.717) is 32.6 Å². The zero-order valence-electron chi connectivity index (χ0n) is 22.6. The van der Waals surface area contributed by atoms with Crippen LogP contribution in [-0.2, 0) is 25.7 Å². The molecule has 10 nitrogen and oxygen atoms in total. The Balaban J connectivity index is 1.35. The van der Waals surface area contributed by atoms with Gasteiger partial charge in [0.1, 0.15) is 17.6 Å². The molecule has 2 aliphatic heterocycles. The number of rotatable bonds is 7. The van der Waals surface area contributed by atoms with Gasteiger partial charge >= 0.3 is 10.8 Å². The molecule has 1 fully saturated rings. The molecule has 0 spiro atoms. The first-order chi connectivity index (χ1) is 20.3. The molecular formula is C30H25N3O7S2. The van der Waals surface area contributed by atoms with E-state index < -0.39 is 34.9 Å². The minimum Gasteiger partial charge on any atom is -0.469 e. The predicted octanol–water partition coefficient (Wildman–Crippen LogP) is 4.42. The SMILES string of the molecule is CCOC(=O)c1ccc(N2C(=O)[C@H]3[C@H](c4ccco4)c4sc(=O)n(CC(=O)Nc5ccccc5C)c4S[C@H]3C2=O)cc1. The number of benzene rings is 2. The standard InChI is InChI=1S/C30H25N3O7S2/c1-3-39-29(37)17-10-12-18(13-11-17)33-26(35)23-22(20-9-6-14-40-20)25-28(41-24(23)27(33)36)32(30(38)42-25)15-21(34)31-19-8-5-4-7-16(19)2/h4-14,22-24H,3,15H2,1-2H3,(H,31,34)/t22-,23-,24+/m0/s1. The molecule has 1 saturated heterocycles. The van der Waals surface area contributed by atoms with Crippen LogP contribution >= 0.6 is 23.1 Å². The van der Waals surface area contributed by atoms with E-state index in [0.717, 1.165) is 33.6 Å². The number of carbonyl (C=O) groups excluding carboxylic acids is 4. The van der Waals surface area contributed by atoms with Gasteiger partial charge in [-0.2, -0.15) is 0 Å². The lowest BCUT2D eigenvalue weighted by molar-refractivity contribution is -0.122. The molecule has 2 aliphatic rings. The molecule has 0 unspecified atom stereocenters. The lowest BCUT2D eigenvalue weighted by Crippen LogP contribution is -2.32. The van der Waals surface area contributed by atoms with Crippen molar-refractivity contribution in [2.24, 2.45) is 5.92 Å². The lowest BCUT2D eigenvalue weighted by Gasteiger charge is -2.29. The van der Waals surface area contributed by atoms with Crippen molar-refractivity contribution >= 4 is 58.2 Å². The largest absolute Gasteiger partial charge is 0.469 e. The van der Waals surface area contributed by atoms with Crippen molar-refractivity contribution in [3.05, 3.63) is 98.4 Å². The van der Waals surface area contributed by atoms with Gasteiger partial charge in [0, 0.05) is 5.69 Å². The summed E-state index contributed by atoms with van der Waals surface area (Å²) in [4.78, 5) is 67.4. The minimum atomic E-state index is -0.857. The van der Waals surface area contributed by atoms with E-state index >= 15 is 0 Å². The van der Waals surface area contributed by atoms with Gasteiger partial charge in [-0.3, -0.25) is 23.7 Å². The monoisotopic (exact) mass is 603 g/mol. The van der Waals surface area contributed by atoms with Crippen molar-refractivity contribution in [2.45, 2.75) is 36.6 Å². The summed E-state index contributed by atoms with van der Waals surface area (Å²) in [6.45, 7) is 3.55. The Labute approximate surface area is 248 Å². The van der Waals surface area contributed by atoms with Crippen LogP contribution in [0.2, 0.25) is 0 Å². The second kappa shape index (κ2) is 11.1. The molecule has 2 aromatic heterocycles. The number of carbonyl (C=O) groups is 4. The van der Waals surface area contributed by atoms with Crippen molar-refractivity contribution in [2.75, 3.05) is 16.8 Å². The number of esters is 1. The Kier molecular flexibility index (Phi) is 7.33. The summed E-state index contributed by atoms with van der Waals surface area (Å²) in [6, 6.07) is 16.8. The number of hydrogen-bond donors (Lipinski definition) is 1. The smallest absolute Gasteiger partial charge is 0.338 e. The number of nitrogens with one attached hydrogen (secondary N) is 1. The first-order valence-electron chi connectivity index (χ1n) is 13.2. The maximum absolute atomic E-state index is 13.9. The van der Waals surface area contributed by atoms with Crippen LogP contribution in [0.1, 0.15) is 39.4 Å². The van der Waals surface area contributed by atoms with Gasteiger partial charge in [-0.25, -0.2) is 9.69 Å². The average Bonchev–Trinajstić information content (AvgIpc) is 3.67. The van der Waals surface area contributed by atoms with Crippen LogP contribution in [0.4, 0.5) is 11.4 Å². The molecule has 1 N–H and O–H groups in total. The molecule has 42 heavy (non-hydrogen) atoms. The van der Waals surface area contributed by atoms with Crippen molar-refractivity contribution < 1.29 is 28.3 Å². The number of nitrogens with zero attached hydrogens (tertiary/aromatic N) is 2. The fourth-order valence-electron chi connectivity index (χ4n) is 5.29. The lowest BCUT2D eigenvalue weighted by atomic mass is 9.87. The van der Waals surface area contributed by atoms with Gasteiger partial charge in [0.2, 0.25) is 17.7 Å². The highest BCUT2D eigenvalue weighted by atomic mass is 32.2. The predicted molar refractivity (Wildman–Crippen MR) is 157 cm³/mol. The van der Waals surface area contributed by atoms with E-state index in [1.165, 1.54) is 35.1 Å². The summed E-state index contributed by atoms with van der Waals surface area (Å²) >= 11 is 2.06. The zero-order chi connectivity index (χ0) is 29.5. The number of aromatic nitrogens is 1. The van der Waals surface area contributed by atoms with E-state index in [9.17, 15) is 24.0 Å². The molecule has 4 aromatic rings. The normalized spacial score (nSPS) is 19.4. The molecule has 4 heterocycles. The summed E-state index contributed by atoms with van der Waals surface area (Å²) in [6.07, 6.45) is 1.48. The Morgan fingerprint density at radius 1 is 1.00 bits per heavy atom. The van der Waals surface area contributed by atoms with E-state index in [-0.39, 0.29) is 23.9 Å². The fraction of sp³-hybridized carbons (Fsp3) is 0.233. The van der Waals surface area contributed by atoms with Gasteiger partial charge in [0.05, 0.1) is 45.9 Å². The van der Waals surface area contributed by atoms with Gasteiger partial charge in [-0.15, -0.1) is 0 Å². The molecule has 3 amide bonds. The Morgan fingerprint density at radius 3 is 2.45 bits per heavy atom. The summed E-state index contributed by atoms with van der Waals surface area (Å²) in [5.41, 5.74) is 2.15. The van der Waals surface area contributed by atoms with Crippen LogP contribution in [0, 0.1) is 12.8 Å². The number of anilines is 2. The van der Waals surface area contributed by atoms with Crippen molar-refractivity contribution in [3.63, 3.8) is 0 Å². The number of thioether (sulfide) groups is 1. The van der Waals surface area contributed by atoms with Crippen LogP contribution in [0.25, 0.3) is 0 Å². The third-order valence-electron chi connectivity index (χ3n) is 7.26. The summed E-state index contributed by atoms with van der Waals surface area (Å²) in [5.74, 6) is -2.85. The average molecular weight is 604 g/mol. The van der Waals surface area contributed by atoms with E-state index in [4.69, 9.17) is 9.15 Å². The quantitative estimate of drug-likeness (QED) is 0.243. The van der Waals surface area contributed by atoms with E-state index in [1.807, 2.05) is 25.1 Å². The molecule has 2 aromatic carbocycles. The maximum atomic E-state index is 13.9. The summed E-state index contributed by atoms with van der Waals surface area (Å²) in [7, 11) is 0. The highest BCUT2D eigenvalue weighted by Crippen LogP contribution is 2.53. The molecule has 3 atom stereocenters. The molecule has 0 aliphatic carbocycles. The van der Waals surface area contributed by atoms with Gasteiger partial charge in [-0.1, -0.05) is 41.3 Å². The first kappa shape index (κ1) is 27.7. The molecule has 6 rings (SSSR count). The van der Waals surface area contributed by atoms with Crippen LogP contribution in [0.15, 0.2) is 81.2 Å². The third-order valence-corrected chi connectivity index (χ3v) is 9.86. The van der Waals surface area contributed by atoms with Crippen LogP contribution in [-0.4, -0.2) is 40.1 Å². The number of hydrogen-bond acceptors (Lipinski definition) is 9. The van der Waals surface area contributed by atoms with Crippen LogP contribution in [0.5, 0.6) is 0 Å². The number of para-hydroxylation sites is 1. The van der Waals surface area contributed by atoms with Gasteiger partial charge in [0.15, 0.2) is 0 Å². The molecule has 214 valence electrons. The van der Waals surface area contributed by atoms with Crippen molar-refractivity contribution in [1.29, 1.82) is 0 Å². The third kappa shape index (κ3) is 4.76. The first-order valence-corrected chi connectivity index (χ1v) is 14.9. The summed E-state index contributed by atoms with van der Waals surface area (Å²) < 4.78 is 12.1. The maximum Gasteiger partial charge on any atom is 0.338 e. The van der Waals surface area contributed by atoms with Crippen LogP contribution < -0.4 is 15.1 Å². The number of amides is 3. The molecule has 0 bridgehead atoms. The Bertz CT molecular complexity index is 1760. The van der Waals surface area contributed by atoms with Gasteiger partial charge < -0.3 is 14.5 Å². The van der Waals surface area contributed by atoms with E-state index in [1.54, 1.807) is 25.1 Å². The number of imide groups is 1. The van der Waals surface area contributed by atoms with Crippen molar-refractivity contribution in [3.8, 4) is 0 Å². The Morgan fingerprint density at radius 2 is 1.76 bits per heavy atom. The van der Waals surface area contributed by atoms with E-state index in [2.05, 4.69) is 5.32 Å². The second-order valence-corrected chi connectivity index (χ2v) is 11.9. The second-order valence-electron chi connectivity index (χ2n) is 9.82. The van der Waals surface area contributed by atoms with Crippen LogP contribution in [0.3, 0.4) is 0 Å². The minimum absolute atomic E-state index is 0.223. The topological polar surface area (TPSA) is 128 Å². The number of furan rings is 1. The Hall–Kier alpha value is -4.42. The number of thiazole rings is 1.